The van der Waals surface area contributed by atoms with E-state index in [1.807, 2.05) is 0 Å². The maximum Gasteiger partial charge on any atom is 0.228 e. The summed E-state index contributed by atoms with van der Waals surface area (Å²) < 4.78 is 45.0. The number of ether oxygens (including phenoxy) is 1. The summed E-state index contributed by atoms with van der Waals surface area (Å²) in [6.07, 6.45) is 1.23. The van der Waals surface area contributed by atoms with Crippen molar-refractivity contribution in [3.8, 4) is 5.75 Å². The van der Waals surface area contributed by atoms with Crippen molar-refractivity contribution in [2.75, 3.05) is 25.5 Å². The molecule has 3 rings (SSSR count). The van der Waals surface area contributed by atoms with Gasteiger partial charge in [0, 0.05) is 24.8 Å². The summed E-state index contributed by atoms with van der Waals surface area (Å²) >= 11 is 0. The van der Waals surface area contributed by atoms with E-state index in [4.69, 9.17) is 4.74 Å². The lowest BCUT2D eigenvalue weighted by atomic mass is 9.98. The largest absolute Gasteiger partial charge is 0.497 e. The second-order valence-corrected chi connectivity index (χ2v) is 8.77. The van der Waals surface area contributed by atoms with Crippen LogP contribution in [-0.2, 0) is 20.6 Å². The number of hydrogen-bond acceptors (Lipinski definition) is 4. The highest BCUT2D eigenvalue weighted by atomic mass is 32.2. The van der Waals surface area contributed by atoms with E-state index in [2.05, 4.69) is 5.32 Å². The molecular weight excluding hydrogens is 383 g/mol. The van der Waals surface area contributed by atoms with Gasteiger partial charge in [0.25, 0.3) is 0 Å². The molecule has 0 unspecified atom stereocenters. The fourth-order valence-corrected chi connectivity index (χ4v) is 4.85. The van der Waals surface area contributed by atoms with Crippen molar-refractivity contribution in [1.29, 1.82) is 0 Å². The van der Waals surface area contributed by atoms with E-state index in [1.54, 1.807) is 31.4 Å². The van der Waals surface area contributed by atoms with Gasteiger partial charge in [-0.15, -0.1) is 0 Å². The molecule has 0 radical (unpaired) electrons. The number of anilines is 1. The topological polar surface area (TPSA) is 75.7 Å². The van der Waals surface area contributed by atoms with Crippen molar-refractivity contribution in [2.24, 2.45) is 5.92 Å². The highest BCUT2D eigenvalue weighted by molar-refractivity contribution is 7.88. The Bertz CT molecular complexity index is 931. The SMILES string of the molecule is COc1cccc(NC(=O)[C@@H]2CCCN(S(=O)(=O)Cc3ccc(F)cc3)C2)c1. The van der Waals surface area contributed by atoms with Crippen molar-refractivity contribution in [2.45, 2.75) is 18.6 Å². The van der Waals surface area contributed by atoms with Crippen molar-refractivity contribution in [3.05, 3.63) is 59.9 Å². The monoisotopic (exact) mass is 406 g/mol. The standard InChI is InChI=1S/C20H23FN2O4S/c1-27-19-6-2-5-18(12-19)22-20(24)16-4-3-11-23(13-16)28(25,26)14-15-7-9-17(21)10-8-15/h2,5-10,12,16H,3-4,11,13-14H2,1H3,(H,22,24)/t16-/m1/s1. The maximum atomic E-state index is 13.0. The first kappa shape index (κ1) is 20.3. The van der Waals surface area contributed by atoms with Gasteiger partial charge < -0.3 is 10.1 Å². The first-order valence-corrected chi connectivity index (χ1v) is 10.7. The number of rotatable bonds is 6. The number of benzene rings is 2. The summed E-state index contributed by atoms with van der Waals surface area (Å²) in [6, 6.07) is 12.4. The van der Waals surface area contributed by atoms with E-state index < -0.39 is 21.8 Å². The molecule has 1 fully saturated rings. The number of nitrogens with one attached hydrogen (secondary N) is 1. The smallest absolute Gasteiger partial charge is 0.228 e. The molecule has 1 amide bonds. The lowest BCUT2D eigenvalue weighted by Gasteiger charge is -2.31. The number of halogens is 1. The van der Waals surface area contributed by atoms with Crippen molar-refractivity contribution in [1.82, 2.24) is 4.31 Å². The lowest BCUT2D eigenvalue weighted by molar-refractivity contribution is -0.120. The van der Waals surface area contributed by atoms with E-state index in [9.17, 15) is 17.6 Å². The summed E-state index contributed by atoms with van der Waals surface area (Å²) in [7, 11) is -2.04. The predicted octanol–water partition coefficient (Wildman–Crippen LogP) is 3.01. The molecule has 0 aliphatic carbocycles. The van der Waals surface area contributed by atoms with Gasteiger partial charge in [-0.1, -0.05) is 18.2 Å². The summed E-state index contributed by atoms with van der Waals surface area (Å²) in [5, 5.41) is 2.83. The third kappa shape index (κ3) is 5.08. The number of carbonyl (C=O) groups excluding carboxylic acids is 1. The average Bonchev–Trinajstić information content (AvgIpc) is 2.70. The highest BCUT2D eigenvalue weighted by Gasteiger charge is 2.32. The molecule has 150 valence electrons. The molecule has 1 atom stereocenters. The first-order chi connectivity index (χ1) is 13.4. The second-order valence-electron chi connectivity index (χ2n) is 6.80. The highest BCUT2D eigenvalue weighted by Crippen LogP contribution is 2.24. The Morgan fingerprint density at radius 2 is 2.00 bits per heavy atom. The van der Waals surface area contributed by atoms with Crippen molar-refractivity contribution < 1.29 is 22.3 Å². The van der Waals surface area contributed by atoms with Gasteiger partial charge in [0.2, 0.25) is 15.9 Å². The average molecular weight is 406 g/mol. The third-order valence-corrected chi connectivity index (χ3v) is 6.56. The van der Waals surface area contributed by atoms with Gasteiger partial charge in [-0.2, -0.15) is 0 Å². The molecule has 1 aliphatic heterocycles. The van der Waals surface area contributed by atoms with Crippen LogP contribution in [0.25, 0.3) is 0 Å². The van der Waals surface area contributed by atoms with Crippen LogP contribution in [0.15, 0.2) is 48.5 Å². The summed E-state index contributed by atoms with van der Waals surface area (Å²) in [6.45, 7) is 0.520. The molecule has 1 aliphatic rings. The zero-order chi connectivity index (χ0) is 20.1. The Labute approximate surface area is 164 Å². The van der Waals surface area contributed by atoms with Gasteiger partial charge in [-0.05, 0) is 42.7 Å². The zero-order valence-corrected chi connectivity index (χ0v) is 16.4. The Balaban J connectivity index is 1.65. The quantitative estimate of drug-likeness (QED) is 0.800. The predicted molar refractivity (Wildman–Crippen MR) is 105 cm³/mol. The van der Waals surface area contributed by atoms with Gasteiger partial charge in [0.15, 0.2) is 0 Å². The number of sulfonamides is 1. The molecule has 1 saturated heterocycles. The molecule has 1 N–H and O–H groups in total. The normalized spacial score (nSPS) is 17.9. The van der Waals surface area contributed by atoms with Crippen LogP contribution >= 0.6 is 0 Å². The minimum absolute atomic E-state index is 0.138. The molecule has 0 spiro atoms. The molecule has 0 bridgehead atoms. The molecule has 2 aromatic rings. The van der Waals surface area contributed by atoms with Crippen LogP contribution < -0.4 is 10.1 Å². The van der Waals surface area contributed by atoms with Crippen LogP contribution in [0, 0.1) is 11.7 Å². The summed E-state index contributed by atoms with van der Waals surface area (Å²) in [5.41, 5.74) is 1.12. The molecule has 8 heteroatoms. The van der Waals surface area contributed by atoms with Crippen LogP contribution in [0.2, 0.25) is 0 Å². The Kier molecular flexibility index (Phi) is 6.31. The van der Waals surface area contributed by atoms with Crippen LogP contribution in [-0.4, -0.2) is 38.8 Å². The van der Waals surface area contributed by atoms with E-state index in [-0.39, 0.29) is 18.2 Å². The van der Waals surface area contributed by atoms with Gasteiger partial charge in [-0.25, -0.2) is 17.1 Å². The fraction of sp³-hybridized carbons (Fsp3) is 0.350. The molecule has 0 saturated carbocycles. The van der Waals surface area contributed by atoms with Crippen LogP contribution in [0.3, 0.4) is 0 Å². The van der Waals surface area contributed by atoms with E-state index in [0.717, 1.165) is 0 Å². The minimum Gasteiger partial charge on any atom is -0.497 e. The molecule has 6 nitrogen and oxygen atoms in total. The zero-order valence-electron chi connectivity index (χ0n) is 15.6. The van der Waals surface area contributed by atoms with Gasteiger partial charge in [-0.3, -0.25) is 4.79 Å². The second kappa shape index (κ2) is 8.70. The van der Waals surface area contributed by atoms with Crippen LogP contribution in [0.1, 0.15) is 18.4 Å². The summed E-state index contributed by atoms with van der Waals surface area (Å²) in [5.74, 6) is -0.631. The number of nitrogens with zero attached hydrogens (tertiary/aromatic N) is 1. The van der Waals surface area contributed by atoms with Crippen molar-refractivity contribution in [3.63, 3.8) is 0 Å². The Morgan fingerprint density at radius 1 is 1.25 bits per heavy atom. The Hall–Kier alpha value is -2.45. The molecular formula is C20H23FN2O4S. The van der Waals surface area contributed by atoms with Gasteiger partial charge in [0.05, 0.1) is 18.8 Å². The molecule has 28 heavy (non-hydrogen) atoms. The fourth-order valence-electron chi connectivity index (χ4n) is 3.24. The third-order valence-electron chi connectivity index (χ3n) is 4.75. The first-order valence-electron chi connectivity index (χ1n) is 9.04. The summed E-state index contributed by atoms with van der Waals surface area (Å²) in [4.78, 5) is 12.6. The minimum atomic E-state index is -3.59. The number of amides is 1. The maximum absolute atomic E-state index is 13.0. The number of methoxy groups -OCH3 is 1. The molecule has 0 aromatic heterocycles. The van der Waals surface area contributed by atoms with Crippen molar-refractivity contribution >= 4 is 21.6 Å². The molecule has 2 aromatic carbocycles. The Morgan fingerprint density at radius 3 is 2.71 bits per heavy atom. The van der Waals surface area contributed by atoms with Gasteiger partial charge in [0.1, 0.15) is 11.6 Å². The number of hydrogen-bond donors (Lipinski definition) is 1. The van der Waals surface area contributed by atoms with Crippen LogP contribution in [0.4, 0.5) is 10.1 Å². The number of carbonyl (C=O) groups is 1. The van der Waals surface area contributed by atoms with E-state index in [0.29, 0.717) is 36.4 Å². The van der Waals surface area contributed by atoms with E-state index >= 15 is 0 Å². The number of piperidine rings is 1. The molecule has 1 heterocycles. The van der Waals surface area contributed by atoms with Crippen LogP contribution in [0.5, 0.6) is 5.75 Å². The van der Waals surface area contributed by atoms with Gasteiger partial charge >= 0.3 is 0 Å². The lowest BCUT2D eigenvalue weighted by Crippen LogP contribution is -2.44. The van der Waals surface area contributed by atoms with E-state index in [1.165, 1.54) is 28.6 Å².